The highest BCUT2D eigenvalue weighted by molar-refractivity contribution is 6.61. The summed E-state index contributed by atoms with van der Waals surface area (Å²) in [6.07, 6.45) is 11.7. The predicted octanol–water partition coefficient (Wildman–Crippen LogP) is 5.58. The van der Waals surface area contributed by atoms with Gasteiger partial charge < -0.3 is 4.74 Å². The number of carbonyl (C=O) groups is 1. The minimum atomic E-state index is -0.790. The van der Waals surface area contributed by atoms with Crippen molar-refractivity contribution in [3.8, 4) is 0 Å². The molecule has 0 aromatic heterocycles. The van der Waals surface area contributed by atoms with Crippen LogP contribution in [0.15, 0.2) is 59.8 Å². The Labute approximate surface area is 127 Å². The SMILES string of the molecule is C=CC(=C(\C=C/C)C(/C=C/C)COC(=O)Cl)/C(C)=C/C. The van der Waals surface area contributed by atoms with E-state index < -0.39 is 5.43 Å². The lowest BCUT2D eigenvalue weighted by Gasteiger charge is -2.18. The number of allylic oxidation sites excluding steroid dienone is 7. The monoisotopic (exact) mass is 294 g/mol. The van der Waals surface area contributed by atoms with Gasteiger partial charge in [-0.1, -0.05) is 43.0 Å². The van der Waals surface area contributed by atoms with Gasteiger partial charge in [0.1, 0.15) is 6.61 Å². The molecule has 0 saturated carbocycles. The fourth-order valence-electron chi connectivity index (χ4n) is 1.89. The number of hydrogen-bond donors (Lipinski definition) is 0. The molecule has 0 aromatic rings. The quantitative estimate of drug-likeness (QED) is 0.348. The zero-order valence-corrected chi connectivity index (χ0v) is 13.4. The molecule has 0 aliphatic heterocycles. The van der Waals surface area contributed by atoms with Gasteiger partial charge in [0.05, 0.1) is 0 Å². The summed E-state index contributed by atoms with van der Waals surface area (Å²) in [7, 11) is 0. The zero-order valence-electron chi connectivity index (χ0n) is 12.7. The Morgan fingerprint density at radius 3 is 2.35 bits per heavy atom. The highest BCUT2D eigenvalue weighted by Gasteiger charge is 2.15. The Kier molecular flexibility index (Phi) is 9.48. The first-order valence-electron chi connectivity index (χ1n) is 6.59. The molecular formula is C17H23ClO2. The summed E-state index contributed by atoms with van der Waals surface area (Å²) in [6, 6.07) is 0. The molecule has 0 aromatic carbocycles. The van der Waals surface area contributed by atoms with Crippen LogP contribution in [0.1, 0.15) is 27.7 Å². The average molecular weight is 295 g/mol. The molecule has 0 rings (SSSR count). The molecule has 1 atom stereocenters. The van der Waals surface area contributed by atoms with Crippen molar-refractivity contribution in [3.63, 3.8) is 0 Å². The molecule has 1 unspecified atom stereocenters. The summed E-state index contributed by atoms with van der Waals surface area (Å²) < 4.78 is 4.95. The second kappa shape index (κ2) is 10.3. The highest BCUT2D eigenvalue weighted by atomic mass is 35.5. The first kappa shape index (κ1) is 18.5. The standard InChI is InChI=1S/C17H23ClO2/c1-6-10-14(12-20-17(18)19)16(11-7-2)15(9-4)13(5)8-3/h6-11,14H,4,12H2,1-3,5H3/b10-6+,11-7-,13-8+,16-15-. The van der Waals surface area contributed by atoms with Crippen molar-refractivity contribution in [2.75, 3.05) is 6.61 Å². The largest absolute Gasteiger partial charge is 0.453 e. The molecule has 0 saturated heterocycles. The molecule has 0 aliphatic carbocycles. The summed E-state index contributed by atoms with van der Waals surface area (Å²) in [4.78, 5) is 10.8. The third-order valence-corrected chi connectivity index (χ3v) is 3.03. The van der Waals surface area contributed by atoms with Crippen molar-refractivity contribution in [1.82, 2.24) is 0 Å². The molecule has 0 fully saturated rings. The van der Waals surface area contributed by atoms with Gasteiger partial charge in [0.25, 0.3) is 0 Å². The number of carbonyl (C=O) groups excluding carboxylic acids is 1. The van der Waals surface area contributed by atoms with Crippen molar-refractivity contribution >= 4 is 17.0 Å². The first-order valence-corrected chi connectivity index (χ1v) is 6.97. The van der Waals surface area contributed by atoms with Crippen molar-refractivity contribution in [2.24, 2.45) is 5.92 Å². The molecule has 0 spiro atoms. The zero-order chi connectivity index (χ0) is 15.5. The van der Waals surface area contributed by atoms with Gasteiger partial charge in [0, 0.05) is 17.5 Å². The smallest absolute Gasteiger partial charge is 0.403 e. The summed E-state index contributed by atoms with van der Waals surface area (Å²) in [5.41, 5.74) is 2.43. The molecule has 2 nitrogen and oxygen atoms in total. The van der Waals surface area contributed by atoms with Crippen LogP contribution in [-0.4, -0.2) is 12.0 Å². The van der Waals surface area contributed by atoms with Crippen LogP contribution >= 0.6 is 11.6 Å². The predicted molar refractivity (Wildman–Crippen MR) is 87.0 cm³/mol. The third-order valence-electron chi connectivity index (χ3n) is 2.92. The van der Waals surface area contributed by atoms with E-state index in [9.17, 15) is 4.79 Å². The fraction of sp³-hybridized carbons (Fsp3) is 0.353. The minimum Gasteiger partial charge on any atom is -0.453 e. The van der Waals surface area contributed by atoms with Gasteiger partial charge in [-0.3, -0.25) is 0 Å². The maximum atomic E-state index is 10.8. The Morgan fingerprint density at radius 1 is 1.30 bits per heavy atom. The lowest BCUT2D eigenvalue weighted by molar-refractivity contribution is 0.166. The molecule has 0 radical (unpaired) electrons. The molecule has 0 N–H and O–H groups in total. The van der Waals surface area contributed by atoms with Gasteiger partial charge >= 0.3 is 5.43 Å². The van der Waals surface area contributed by atoms with Crippen LogP contribution < -0.4 is 0 Å². The van der Waals surface area contributed by atoms with Crippen LogP contribution in [0.2, 0.25) is 0 Å². The maximum Gasteiger partial charge on any atom is 0.403 e. The van der Waals surface area contributed by atoms with Crippen LogP contribution in [0.25, 0.3) is 0 Å². The van der Waals surface area contributed by atoms with E-state index in [2.05, 4.69) is 6.58 Å². The molecule has 0 aliphatic rings. The van der Waals surface area contributed by atoms with E-state index in [4.69, 9.17) is 16.3 Å². The van der Waals surface area contributed by atoms with E-state index in [0.717, 1.165) is 16.7 Å². The molecule has 20 heavy (non-hydrogen) atoms. The van der Waals surface area contributed by atoms with Crippen LogP contribution in [0.4, 0.5) is 4.79 Å². The molecule has 110 valence electrons. The highest BCUT2D eigenvalue weighted by Crippen LogP contribution is 2.25. The molecule has 0 amide bonds. The van der Waals surface area contributed by atoms with Gasteiger partial charge in [0.2, 0.25) is 0 Å². The van der Waals surface area contributed by atoms with Crippen molar-refractivity contribution in [3.05, 3.63) is 59.8 Å². The van der Waals surface area contributed by atoms with Crippen molar-refractivity contribution in [2.45, 2.75) is 27.7 Å². The minimum absolute atomic E-state index is 0.0539. The van der Waals surface area contributed by atoms with E-state index >= 15 is 0 Å². The summed E-state index contributed by atoms with van der Waals surface area (Å²) >= 11 is 5.26. The lowest BCUT2D eigenvalue weighted by Crippen LogP contribution is -2.12. The Morgan fingerprint density at radius 2 is 1.95 bits per heavy atom. The summed E-state index contributed by atoms with van der Waals surface area (Å²) in [6.45, 7) is 12.0. The normalized spacial score (nSPS) is 15.3. The second-order valence-electron chi connectivity index (χ2n) is 4.23. The first-order chi connectivity index (χ1) is 9.51. The van der Waals surface area contributed by atoms with Crippen LogP contribution in [0.5, 0.6) is 0 Å². The fourth-order valence-corrected chi connectivity index (χ4v) is 1.95. The van der Waals surface area contributed by atoms with Crippen LogP contribution in [0.3, 0.4) is 0 Å². The van der Waals surface area contributed by atoms with E-state index in [1.165, 1.54) is 0 Å². The second-order valence-corrected chi connectivity index (χ2v) is 4.53. The molecule has 0 bridgehead atoms. The molecular weight excluding hydrogens is 272 g/mol. The van der Waals surface area contributed by atoms with E-state index in [1.807, 2.05) is 64.2 Å². The number of ether oxygens (including phenoxy) is 1. The van der Waals surface area contributed by atoms with Gasteiger partial charge in [-0.2, -0.15) is 0 Å². The van der Waals surface area contributed by atoms with Gasteiger partial charge in [-0.05, 0) is 44.4 Å². The molecule has 3 heteroatoms. The van der Waals surface area contributed by atoms with Gasteiger partial charge in [-0.15, -0.1) is 0 Å². The summed E-state index contributed by atoms with van der Waals surface area (Å²) in [5.74, 6) is -0.0539. The maximum absolute atomic E-state index is 10.8. The van der Waals surface area contributed by atoms with Crippen LogP contribution in [0, 0.1) is 5.92 Å². The number of rotatable bonds is 7. The Hall–Kier alpha value is -1.54. The Bertz CT molecular complexity index is 454. The van der Waals surface area contributed by atoms with E-state index in [-0.39, 0.29) is 12.5 Å². The van der Waals surface area contributed by atoms with Gasteiger partial charge in [-0.25, -0.2) is 4.79 Å². The van der Waals surface area contributed by atoms with Crippen molar-refractivity contribution in [1.29, 1.82) is 0 Å². The topological polar surface area (TPSA) is 26.3 Å². The number of hydrogen-bond acceptors (Lipinski definition) is 2. The average Bonchev–Trinajstić information content (AvgIpc) is 2.42. The van der Waals surface area contributed by atoms with E-state index in [1.54, 1.807) is 0 Å². The van der Waals surface area contributed by atoms with Crippen molar-refractivity contribution < 1.29 is 9.53 Å². The van der Waals surface area contributed by atoms with E-state index in [0.29, 0.717) is 0 Å². The number of halogens is 1. The third kappa shape index (κ3) is 6.07. The Balaban J connectivity index is 5.73. The lowest BCUT2D eigenvalue weighted by atomic mass is 9.90. The van der Waals surface area contributed by atoms with Gasteiger partial charge in [0.15, 0.2) is 0 Å². The molecule has 0 heterocycles. The van der Waals surface area contributed by atoms with Crippen LogP contribution in [-0.2, 0) is 4.74 Å². The summed E-state index contributed by atoms with van der Waals surface area (Å²) in [5, 5.41) is 0.